The Morgan fingerprint density at radius 2 is 1.81 bits per heavy atom. The molecule has 1 aliphatic rings. The van der Waals surface area contributed by atoms with Crippen LogP contribution in [-0.2, 0) is 16.0 Å². The highest BCUT2D eigenvalue weighted by Gasteiger charge is 2.25. The van der Waals surface area contributed by atoms with E-state index in [4.69, 9.17) is 18.9 Å². The zero-order valence-electron chi connectivity index (χ0n) is 20.5. The molecule has 0 unspecified atom stereocenters. The van der Waals surface area contributed by atoms with E-state index in [1.807, 2.05) is 30.3 Å². The third kappa shape index (κ3) is 6.27. The Labute approximate surface area is 210 Å². The van der Waals surface area contributed by atoms with Crippen LogP contribution < -0.4 is 29.2 Å². The van der Waals surface area contributed by atoms with Gasteiger partial charge in [0.2, 0.25) is 0 Å². The van der Waals surface area contributed by atoms with E-state index in [0.29, 0.717) is 48.2 Å². The summed E-state index contributed by atoms with van der Waals surface area (Å²) in [5.41, 5.74) is 2.41. The summed E-state index contributed by atoms with van der Waals surface area (Å²) in [5.74, 6) is 1.95. The minimum absolute atomic E-state index is 0.0230. The number of anilines is 2. The fourth-order valence-corrected chi connectivity index (χ4v) is 3.84. The number of hydrogen-bond donors (Lipinski definition) is 1. The number of amides is 2. The van der Waals surface area contributed by atoms with Gasteiger partial charge in [-0.1, -0.05) is 31.2 Å². The molecule has 8 heteroatoms. The zero-order valence-corrected chi connectivity index (χ0v) is 20.5. The van der Waals surface area contributed by atoms with Gasteiger partial charge in [0.15, 0.2) is 24.7 Å². The van der Waals surface area contributed by atoms with Crippen LogP contribution in [0.5, 0.6) is 23.0 Å². The van der Waals surface area contributed by atoms with Crippen LogP contribution in [0.4, 0.5) is 11.4 Å². The molecule has 0 aromatic heterocycles. The quantitative estimate of drug-likeness (QED) is 0.399. The number of aryl methyl sites for hydroxylation is 1. The second-order valence-electron chi connectivity index (χ2n) is 8.20. The Morgan fingerprint density at radius 1 is 1.03 bits per heavy atom. The van der Waals surface area contributed by atoms with Crippen molar-refractivity contribution in [1.82, 2.24) is 0 Å². The highest BCUT2D eigenvalue weighted by atomic mass is 16.5. The topological polar surface area (TPSA) is 86.3 Å². The van der Waals surface area contributed by atoms with Crippen LogP contribution in [-0.4, -0.2) is 45.3 Å². The van der Waals surface area contributed by atoms with Gasteiger partial charge in [-0.2, -0.15) is 0 Å². The average molecular weight is 491 g/mol. The minimum atomic E-state index is -0.335. The van der Waals surface area contributed by atoms with Crippen LogP contribution in [0.15, 0.2) is 66.7 Å². The largest absolute Gasteiger partial charge is 0.494 e. The molecular weight excluding hydrogens is 460 g/mol. The standard InChI is InChI=1S/C28H30N2O6/c1-3-20-9-12-22(13-10-20)34-16-6-15-30-23-17-21(11-14-24(23)36-19-28(30)32)29-27(31)18-35-26-8-5-4-7-25(26)33-2/h4-5,7-14,17H,3,6,15-16,18-19H2,1-2H3,(H,29,31). The molecule has 3 aromatic rings. The van der Waals surface area contributed by atoms with Crippen LogP contribution in [0.1, 0.15) is 18.9 Å². The van der Waals surface area contributed by atoms with E-state index in [1.54, 1.807) is 48.4 Å². The van der Waals surface area contributed by atoms with Gasteiger partial charge in [-0.25, -0.2) is 0 Å². The third-order valence-corrected chi connectivity index (χ3v) is 5.74. The SMILES string of the molecule is CCc1ccc(OCCCN2C(=O)COc3ccc(NC(=O)COc4ccccc4OC)cc32)cc1. The van der Waals surface area contributed by atoms with E-state index in [1.165, 1.54) is 5.56 Å². The van der Waals surface area contributed by atoms with E-state index < -0.39 is 0 Å². The van der Waals surface area contributed by atoms with Gasteiger partial charge in [0.05, 0.1) is 19.4 Å². The first-order valence-electron chi connectivity index (χ1n) is 11.9. The molecule has 36 heavy (non-hydrogen) atoms. The molecule has 1 N–H and O–H groups in total. The fraction of sp³-hybridized carbons (Fsp3) is 0.286. The van der Waals surface area contributed by atoms with Crippen LogP contribution in [0.2, 0.25) is 0 Å². The molecule has 8 nitrogen and oxygen atoms in total. The first-order chi connectivity index (χ1) is 17.6. The van der Waals surface area contributed by atoms with Gasteiger partial charge in [-0.15, -0.1) is 0 Å². The van der Waals surface area contributed by atoms with Crippen molar-refractivity contribution in [1.29, 1.82) is 0 Å². The van der Waals surface area contributed by atoms with Gasteiger partial charge >= 0.3 is 0 Å². The molecule has 0 spiro atoms. The van der Waals surface area contributed by atoms with E-state index in [0.717, 1.165) is 12.2 Å². The normalized spacial score (nSPS) is 12.4. The van der Waals surface area contributed by atoms with E-state index in [9.17, 15) is 9.59 Å². The molecule has 3 aromatic carbocycles. The summed E-state index contributed by atoms with van der Waals surface area (Å²) in [7, 11) is 1.54. The van der Waals surface area contributed by atoms with Gasteiger partial charge in [0.25, 0.3) is 11.8 Å². The lowest BCUT2D eigenvalue weighted by Gasteiger charge is -2.30. The van der Waals surface area contributed by atoms with Crippen molar-refractivity contribution in [3.63, 3.8) is 0 Å². The van der Waals surface area contributed by atoms with Crippen molar-refractivity contribution in [2.24, 2.45) is 0 Å². The molecular formula is C28H30N2O6. The number of para-hydroxylation sites is 2. The monoisotopic (exact) mass is 490 g/mol. The number of fused-ring (bicyclic) bond motifs is 1. The fourth-order valence-electron chi connectivity index (χ4n) is 3.84. The Hall–Kier alpha value is -4.20. The average Bonchev–Trinajstić information content (AvgIpc) is 2.91. The molecule has 188 valence electrons. The molecule has 0 aliphatic carbocycles. The molecule has 0 saturated carbocycles. The molecule has 1 heterocycles. The summed E-state index contributed by atoms with van der Waals surface area (Å²) in [4.78, 5) is 26.7. The van der Waals surface area contributed by atoms with Crippen LogP contribution in [0.3, 0.4) is 0 Å². The number of ether oxygens (including phenoxy) is 4. The maximum atomic E-state index is 12.6. The van der Waals surface area contributed by atoms with Crippen molar-refractivity contribution in [2.45, 2.75) is 19.8 Å². The Kier molecular flexibility index (Phi) is 8.28. The Morgan fingerprint density at radius 3 is 2.56 bits per heavy atom. The summed E-state index contributed by atoms with van der Waals surface area (Å²) < 4.78 is 22.2. The molecule has 0 bridgehead atoms. The summed E-state index contributed by atoms with van der Waals surface area (Å²) in [6.07, 6.45) is 1.63. The number of carbonyl (C=O) groups excluding carboxylic acids is 2. The Balaban J connectivity index is 1.34. The number of hydrogen-bond acceptors (Lipinski definition) is 6. The summed E-state index contributed by atoms with van der Waals surface area (Å²) >= 11 is 0. The lowest BCUT2D eigenvalue weighted by molar-refractivity contribution is -0.121. The van der Waals surface area contributed by atoms with Crippen molar-refractivity contribution in [3.8, 4) is 23.0 Å². The van der Waals surface area contributed by atoms with Crippen LogP contribution in [0.25, 0.3) is 0 Å². The molecule has 2 amide bonds. The van der Waals surface area contributed by atoms with Crippen molar-refractivity contribution in [2.75, 3.05) is 43.7 Å². The second kappa shape index (κ2) is 12.0. The van der Waals surface area contributed by atoms with Gasteiger partial charge in [0.1, 0.15) is 11.5 Å². The van der Waals surface area contributed by atoms with Crippen molar-refractivity contribution in [3.05, 3.63) is 72.3 Å². The first-order valence-corrected chi connectivity index (χ1v) is 11.9. The molecule has 0 fully saturated rings. The van der Waals surface area contributed by atoms with Gasteiger partial charge in [0, 0.05) is 12.2 Å². The number of nitrogens with zero attached hydrogens (tertiary/aromatic N) is 1. The third-order valence-electron chi connectivity index (χ3n) is 5.74. The smallest absolute Gasteiger partial charge is 0.265 e. The highest BCUT2D eigenvalue weighted by Crippen LogP contribution is 2.35. The Bertz CT molecular complexity index is 1190. The van der Waals surface area contributed by atoms with E-state index in [-0.39, 0.29) is 25.0 Å². The predicted molar refractivity (Wildman–Crippen MR) is 137 cm³/mol. The van der Waals surface area contributed by atoms with E-state index >= 15 is 0 Å². The van der Waals surface area contributed by atoms with Gasteiger partial charge in [-0.3, -0.25) is 9.59 Å². The maximum absolute atomic E-state index is 12.6. The maximum Gasteiger partial charge on any atom is 0.265 e. The number of rotatable bonds is 11. The number of methoxy groups -OCH3 is 1. The van der Waals surface area contributed by atoms with Crippen LogP contribution >= 0.6 is 0 Å². The van der Waals surface area contributed by atoms with Crippen LogP contribution in [0, 0.1) is 0 Å². The molecule has 0 radical (unpaired) electrons. The number of carbonyl (C=O) groups is 2. The van der Waals surface area contributed by atoms with Gasteiger partial charge < -0.3 is 29.2 Å². The predicted octanol–water partition coefficient (Wildman–Crippen LogP) is 4.47. The first kappa shape index (κ1) is 24.9. The van der Waals surface area contributed by atoms with E-state index in [2.05, 4.69) is 12.2 Å². The molecule has 0 atom stereocenters. The summed E-state index contributed by atoms with van der Waals surface area (Å²) in [6, 6.07) is 20.3. The molecule has 4 rings (SSSR count). The molecule has 1 aliphatic heterocycles. The lowest BCUT2D eigenvalue weighted by atomic mass is 10.2. The number of nitrogens with one attached hydrogen (secondary N) is 1. The van der Waals surface area contributed by atoms with Crippen molar-refractivity contribution < 1.29 is 28.5 Å². The van der Waals surface area contributed by atoms with Crippen molar-refractivity contribution >= 4 is 23.2 Å². The lowest BCUT2D eigenvalue weighted by Crippen LogP contribution is -2.39. The molecule has 0 saturated heterocycles. The summed E-state index contributed by atoms with van der Waals surface area (Å²) in [6.45, 7) is 2.84. The minimum Gasteiger partial charge on any atom is -0.494 e. The number of benzene rings is 3. The second-order valence-corrected chi connectivity index (χ2v) is 8.20. The zero-order chi connectivity index (χ0) is 25.3. The highest BCUT2D eigenvalue weighted by molar-refractivity contribution is 5.99. The van der Waals surface area contributed by atoms with Gasteiger partial charge in [-0.05, 0) is 60.9 Å². The summed E-state index contributed by atoms with van der Waals surface area (Å²) in [5, 5.41) is 2.81.